The van der Waals surface area contributed by atoms with E-state index in [1.54, 1.807) is 24.3 Å². The van der Waals surface area contributed by atoms with Crippen LogP contribution in [0.4, 0.5) is 11.4 Å². The Bertz CT molecular complexity index is 620. The number of esters is 1. The molecule has 20 heavy (non-hydrogen) atoms. The number of carbonyl (C=O) groups is 2. The predicted octanol–water partition coefficient (Wildman–Crippen LogP) is 3.08. The van der Waals surface area contributed by atoms with Crippen molar-refractivity contribution in [3.8, 4) is 0 Å². The highest BCUT2D eigenvalue weighted by Gasteiger charge is 2.10. The smallest absolute Gasteiger partial charge is 0.337 e. The van der Waals surface area contributed by atoms with Crippen LogP contribution in [0.15, 0.2) is 48.5 Å². The molecule has 0 spiro atoms. The lowest BCUT2D eigenvalue weighted by molar-refractivity contribution is -0.106. The molecule has 0 aromatic heterocycles. The van der Waals surface area contributed by atoms with Gasteiger partial charge in [-0.15, -0.1) is 0 Å². The number of carbonyl (C=O) groups excluding carboxylic acids is 2. The molecular formula is C16H15NO3. The molecular weight excluding hydrogens is 254 g/mol. The zero-order chi connectivity index (χ0) is 14.5. The van der Waals surface area contributed by atoms with Crippen molar-refractivity contribution in [2.75, 3.05) is 12.0 Å². The summed E-state index contributed by atoms with van der Waals surface area (Å²) in [5, 5.41) is 0. The van der Waals surface area contributed by atoms with Crippen LogP contribution in [0.25, 0.3) is 0 Å². The topological polar surface area (TPSA) is 46.6 Å². The van der Waals surface area contributed by atoms with E-state index < -0.39 is 5.97 Å². The molecule has 0 bridgehead atoms. The second-order valence-corrected chi connectivity index (χ2v) is 4.35. The summed E-state index contributed by atoms with van der Waals surface area (Å²) >= 11 is 0. The number of anilines is 2. The van der Waals surface area contributed by atoms with Gasteiger partial charge in [0.15, 0.2) is 0 Å². The van der Waals surface area contributed by atoms with Gasteiger partial charge < -0.3 is 4.74 Å². The fourth-order valence-corrected chi connectivity index (χ4v) is 1.92. The molecule has 102 valence electrons. The molecule has 1 amide bonds. The van der Waals surface area contributed by atoms with Crippen molar-refractivity contribution in [3.63, 3.8) is 0 Å². The first kappa shape index (κ1) is 13.8. The second kappa shape index (κ2) is 6.02. The number of nitrogens with zero attached hydrogens (tertiary/aromatic N) is 1. The summed E-state index contributed by atoms with van der Waals surface area (Å²) in [5.74, 6) is -0.398. The zero-order valence-electron chi connectivity index (χ0n) is 11.4. The van der Waals surface area contributed by atoms with Gasteiger partial charge in [-0.2, -0.15) is 0 Å². The van der Waals surface area contributed by atoms with Crippen LogP contribution in [0.2, 0.25) is 0 Å². The number of aryl methyl sites for hydroxylation is 1. The number of hydrogen-bond donors (Lipinski definition) is 0. The summed E-state index contributed by atoms with van der Waals surface area (Å²) < 4.78 is 4.64. The van der Waals surface area contributed by atoms with Gasteiger partial charge in [0, 0.05) is 11.4 Å². The van der Waals surface area contributed by atoms with Crippen molar-refractivity contribution in [1.29, 1.82) is 0 Å². The number of amides is 1. The molecule has 0 aliphatic rings. The van der Waals surface area contributed by atoms with Crippen LogP contribution in [0.3, 0.4) is 0 Å². The van der Waals surface area contributed by atoms with Gasteiger partial charge >= 0.3 is 5.97 Å². The Morgan fingerprint density at radius 2 is 1.80 bits per heavy atom. The Balaban J connectivity index is 2.33. The molecule has 0 atom stereocenters. The van der Waals surface area contributed by atoms with Crippen molar-refractivity contribution in [1.82, 2.24) is 0 Å². The molecule has 0 aliphatic carbocycles. The summed E-state index contributed by atoms with van der Waals surface area (Å²) in [6, 6.07) is 14.3. The highest BCUT2D eigenvalue weighted by Crippen LogP contribution is 2.24. The molecule has 0 saturated carbocycles. The van der Waals surface area contributed by atoms with Crippen LogP contribution in [0.5, 0.6) is 0 Å². The van der Waals surface area contributed by atoms with Crippen LogP contribution in [-0.4, -0.2) is 19.5 Å². The second-order valence-electron chi connectivity index (χ2n) is 4.35. The minimum Gasteiger partial charge on any atom is -0.465 e. The SMILES string of the molecule is COC(=O)c1ccc(N(C=O)c2cccc(C)c2)cc1. The first-order chi connectivity index (χ1) is 9.65. The third-order valence-corrected chi connectivity index (χ3v) is 2.95. The maximum absolute atomic E-state index is 11.4. The van der Waals surface area contributed by atoms with E-state index in [4.69, 9.17) is 0 Å². The third-order valence-electron chi connectivity index (χ3n) is 2.95. The number of methoxy groups -OCH3 is 1. The van der Waals surface area contributed by atoms with Gasteiger partial charge in [0.1, 0.15) is 0 Å². The summed E-state index contributed by atoms with van der Waals surface area (Å²) in [6.07, 6.45) is 0.752. The highest BCUT2D eigenvalue weighted by molar-refractivity contribution is 5.91. The molecule has 0 fully saturated rings. The molecule has 2 aromatic carbocycles. The van der Waals surface area contributed by atoms with E-state index in [0.29, 0.717) is 11.3 Å². The molecule has 0 unspecified atom stereocenters. The fraction of sp³-hybridized carbons (Fsp3) is 0.125. The number of ether oxygens (including phenoxy) is 1. The van der Waals surface area contributed by atoms with Gasteiger partial charge in [-0.1, -0.05) is 12.1 Å². The largest absolute Gasteiger partial charge is 0.465 e. The van der Waals surface area contributed by atoms with Crippen LogP contribution in [-0.2, 0) is 9.53 Å². The van der Waals surface area contributed by atoms with Gasteiger partial charge in [0.05, 0.1) is 12.7 Å². The average Bonchev–Trinajstić information content (AvgIpc) is 2.48. The van der Waals surface area contributed by atoms with Crippen LogP contribution < -0.4 is 4.90 Å². The van der Waals surface area contributed by atoms with Gasteiger partial charge in [0.25, 0.3) is 0 Å². The van der Waals surface area contributed by atoms with Gasteiger partial charge in [0.2, 0.25) is 6.41 Å². The lowest BCUT2D eigenvalue weighted by atomic mass is 10.1. The van der Waals surface area contributed by atoms with E-state index >= 15 is 0 Å². The van der Waals surface area contributed by atoms with E-state index in [0.717, 1.165) is 17.7 Å². The van der Waals surface area contributed by atoms with Crippen molar-refractivity contribution in [3.05, 3.63) is 59.7 Å². The molecule has 0 heterocycles. The standard InChI is InChI=1S/C16H15NO3/c1-12-4-3-5-15(10-12)17(11-18)14-8-6-13(7-9-14)16(19)20-2/h3-11H,1-2H3. The minimum atomic E-state index is -0.398. The number of hydrogen-bond acceptors (Lipinski definition) is 3. The maximum Gasteiger partial charge on any atom is 0.337 e. The Hall–Kier alpha value is -2.62. The molecule has 2 rings (SSSR count). The Labute approximate surface area is 117 Å². The summed E-state index contributed by atoms with van der Waals surface area (Å²) in [5.41, 5.74) is 3.00. The maximum atomic E-state index is 11.4. The molecule has 0 radical (unpaired) electrons. The molecule has 0 aliphatic heterocycles. The monoisotopic (exact) mass is 269 g/mol. The minimum absolute atomic E-state index is 0.398. The molecule has 2 aromatic rings. The zero-order valence-corrected chi connectivity index (χ0v) is 11.4. The van der Waals surface area contributed by atoms with E-state index in [-0.39, 0.29) is 0 Å². The van der Waals surface area contributed by atoms with Crippen LogP contribution >= 0.6 is 0 Å². The van der Waals surface area contributed by atoms with Crippen molar-refractivity contribution in [2.45, 2.75) is 6.92 Å². The van der Waals surface area contributed by atoms with E-state index in [1.807, 2.05) is 31.2 Å². The van der Waals surface area contributed by atoms with Gasteiger partial charge in [-0.3, -0.25) is 9.69 Å². The summed E-state index contributed by atoms with van der Waals surface area (Å²) in [6.45, 7) is 1.97. The van der Waals surface area contributed by atoms with Crippen LogP contribution in [0, 0.1) is 6.92 Å². The van der Waals surface area contributed by atoms with Crippen molar-refractivity contribution < 1.29 is 14.3 Å². The van der Waals surface area contributed by atoms with Crippen molar-refractivity contribution in [2.24, 2.45) is 0 Å². The first-order valence-corrected chi connectivity index (χ1v) is 6.15. The third kappa shape index (κ3) is 2.85. The highest BCUT2D eigenvalue weighted by atomic mass is 16.5. The Morgan fingerprint density at radius 1 is 1.10 bits per heavy atom. The average molecular weight is 269 g/mol. The number of benzene rings is 2. The fourth-order valence-electron chi connectivity index (χ4n) is 1.92. The molecule has 0 saturated heterocycles. The van der Waals surface area contributed by atoms with Crippen molar-refractivity contribution >= 4 is 23.8 Å². The lowest BCUT2D eigenvalue weighted by Crippen LogP contribution is -2.14. The van der Waals surface area contributed by atoms with Gasteiger partial charge in [-0.25, -0.2) is 4.79 Å². The summed E-state index contributed by atoms with van der Waals surface area (Å²) in [4.78, 5) is 24.2. The molecule has 0 N–H and O–H groups in total. The normalized spacial score (nSPS) is 9.90. The predicted molar refractivity (Wildman–Crippen MR) is 77.2 cm³/mol. The molecule has 4 nitrogen and oxygen atoms in total. The summed E-state index contributed by atoms with van der Waals surface area (Å²) in [7, 11) is 1.33. The van der Waals surface area contributed by atoms with Gasteiger partial charge in [-0.05, 0) is 48.9 Å². The lowest BCUT2D eigenvalue weighted by Gasteiger charge is -2.18. The van der Waals surface area contributed by atoms with Crippen LogP contribution in [0.1, 0.15) is 15.9 Å². The molecule has 4 heteroatoms. The van der Waals surface area contributed by atoms with E-state index in [1.165, 1.54) is 12.0 Å². The Kier molecular flexibility index (Phi) is 4.15. The Morgan fingerprint density at radius 3 is 2.35 bits per heavy atom. The van der Waals surface area contributed by atoms with E-state index in [2.05, 4.69) is 4.74 Å². The van der Waals surface area contributed by atoms with E-state index in [9.17, 15) is 9.59 Å². The number of rotatable bonds is 4. The first-order valence-electron chi connectivity index (χ1n) is 6.15. The quantitative estimate of drug-likeness (QED) is 0.633.